The minimum absolute atomic E-state index is 0.0991. The normalized spacial score (nSPS) is 12.7. The van der Waals surface area contributed by atoms with Crippen molar-refractivity contribution in [2.45, 2.75) is 70.8 Å². The van der Waals surface area contributed by atoms with Gasteiger partial charge in [-0.25, -0.2) is 0 Å². The average molecular weight is 214 g/mol. The molecule has 2 N–H and O–H groups in total. The van der Waals surface area contributed by atoms with Gasteiger partial charge in [0, 0.05) is 0 Å². The van der Waals surface area contributed by atoms with Crippen molar-refractivity contribution in [3.63, 3.8) is 0 Å². The molecule has 0 radical (unpaired) electrons. The van der Waals surface area contributed by atoms with Gasteiger partial charge in [0.25, 0.3) is 0 Å². The Morgan fingerprint density at radius 2 is 1.47 bits per heavy atom. The Morgan fingerprint density at radius 3 is 1.93 bits per heavy atom. The van der Waals surface area contributed by atoms with Gasteiger partial charge < -0.3 is 10.2 Å². The SMILES string of the molecule is C=C(O)C(O)CCCCCCCCCC. The topological polar surface area (TPSA) is 40.5 Å². The first-order chi connectivity index (χ1) is 7.18. The molecule has 0 spiro atoms. The minimum Gasteiger partial charge on any atom is -0.510 e. The third-order valence-corrected chi connectivity index (χ3v) is 2.72. The van der Waals surface area contributed by atoms with Crippen LogP contribution >= 0.6 is 0 Å². The van der Waals surface area contributed by atoms with E-state index in [1.807, 2.05) is 0 Å². The summed E-state index contributed by atoms with van der Waals surface area (Å²) in [6.07, 6.45) is 9.94. The predicted molar refractivity (Wildman–Crippen MR) is 65.0 cm³/mol. The third kappa shape index (κ3) is 9.80. The van der Waals surface area contributed by atoms with Crippen molar-refractivity contribution in [2.24, 2.45) is 0 Å². The van der Waals surface area contributed by atoms with Crippen LogP contribution in [0, 0.1) is 0 Å². The van der Waals surface area contributed by atoms with E-state index in [0.717, 1.165) is 12.8 Å². The molecule has 0 aliphatic carbocycles. The van der Waals surface area contributed by atoms with E-state index in [4.69, 9.17) is 5.11 Å². The van der Waals surface area contributed by atoms with Crippen LogP contribution in [0.1, 0.15) is 64.7 Å². The molecule has 0 bridgehead atoms. The molecule has 1 unspecified atom stereocenters. The summed E-state index contributed by atoms with van der Waals surface area (Å²) in [6, 6.07) is 0. The zero-order valence-corrected chi connectivity index (χ0v) is 10.0. The second-order valence-electron chi connectivity index (χ2n) is 4.27. The highest BCUT2D eigenvalue weighted by Crippen LogP contribution is 2.12. The molecule has 2 nitrogen and oxygen atoms in total. The van der Waals surface area contributed by atoms with E-state index in [-0.39, 0.29) is 5.76 Å². The van der Waals surface area contributed by atoms with E-state index in [1.165, 1.54) is 38.5 Å². The van der Waals surface area contributed by atoms with Crippen molar-refractivity contribution >= 4 is 0 Å². The van der Waals surface area contributed by atoms with Crippen molar-refractivity contribution in [3.8, 4) is 0 Å². The zero-order valence-electron chi connectivity index (χ0n) is 10.0. The van der Waals surface area contributed by atoms with Crippen molar-refractivity contribution in [2.75, 3.05) is 0 Å². The van der Waals surface area contributed by atoms with E-state index in [2.05, 4.69) is 13.5 Å². The standard InChI is InChI=1S/C13H26O2/c1-3-4-5-6-7-8-9-10-11-13(15)12(2)14/h13-15H,2-11H2,1H3. The summed E-state index contributed by atoms with van der Waals surface area (Å²) in [6.45, 7) is 5.53. The van der Waals surface area contributed by atoms with Gasteiger partial charge >= 0.3 is 0 Å². The molecule has 0 aromatic heterocycles. The monoisotopic (exact) mass is 214 g/mol. The number of hydrogen-bond donors (Lipinski definition) is 2. The van der Waals surface area contributed by atoms with E-state index in [9.17, 15) is 5.11 Å². The lowest BCUT2D eigenvalue weighted by Crippen LogP contribution is -2.08. The molecule has 0 aromatic rings. The van der Waals surface area contributed by atoms with Crippen LogP contribution in [0.3, 0.4) is 0 Å². The molecule has 0 amide bonds. The van der Waals surface area contributed by atoms with Gasteiger partial charge in [0.1, 0.15) is 11.9 Å². The van der Waals surface area contributed by atoms with Gasteiger partial charge in [-0.2, -0.15) is 0 Å². The summed E-state index contributed by atoms with van der Waals surface area (Å²) >= 11 is 0. The number of aliphatic hydroxyl groups excluding tert-OH is 2. The summed E-state index contributed by atoms with van der Waals surface area (Å²) in [5.74, 6) is -0.0991. The Balaban J connectivity index is 3.08. The maximum atomic E-state index is 9.25. The maximum Gasteiger partial charge on any atom is 0.114 e. The van der Waals surface area contributed by atoms with Gasteiger partial charge in [-0.3, -0.25) is 0 Å². The first-order valence-electron chi connectivity index (χ1n) is 6.24. The molecule has 0 heterocycles. The highest BCUT2D eigenvalue weighted by atomic mass is 16.3. The molecule has 1 atom stereocenters. The molecular formula is C13H26O2. The van der Waals surface area contributed by atoms with Crippen LogP contribution in [0.2, 0.25) is 0 Å². The van der Waals surface area contributed by atoms with Gasteiger partial charge in [-0.15, -0.1) is 0 Å². The van der Waals surface area contributed by atoms with Crippen molar-refractivity contribution < 1.29 is 10.2 Å². The Hall–Kier alpha value is -0.500. The molecule has 0 aromatic carbocycles. The van der Waals surface area contributed by atoms with Gasteiger partial charge in [0.05, 0.1) is 0 Å². The van der Waals surface area contributed by atoms with Crippen molar-refractivity contribution in [3.05, 3.63) is 12.3 Å². The lowest BCUT2D eigenvalue weighted by atomic mass is 10.1. The van der Waals surface area contributed by atoms with Crippen LogP contribution in [-0.4, -0.2) is 16.3 Å². The van der Waals surface area contributed by atoms with Crippen LogP contribution in [0.25, 0.3) is 0 Å². The van der Waals surface area contributed by atoms with Gasteiger partial charge in [-0.05, 0) is 6.42 Å². The molecule has 0 saturated heterocycles. The van der Waals surface area contributed by atoms with E-state index < -0.39 is 6.10 Å². The highest BCUT2D eigenvalue weighted by Gasteiger charge is 2.05. The van der Waals surface area contributed by atoms with Crippen LogP contribution in [0.5, 0.6) is 0 Å². The molecule has 15 heavy (non-hydrogen) atoms. The first kappa shape index (κ1) is 14.5. The molecule has 2 heteroatoms. The molecule has 0 saturated carbocycles. The lowest BCUT2D eigenvalue weighted by Gasteiger charge is -2.07. The Kier molecular flexibility index (Phi) is 9.70. The smallest absolute Gasteiger partial charge is 0.114 e. The van der Waals surface area contributed by atoms with Crippen LogP contribution in [-0.2, 0) is 0 Å². The first-order valence-corrected chi connectivity index (χ1v) is 6.24. The van der Waals surface area contributed by atoms with Gasteiger partial charge in [-0.1, -0.05) is 64.9 Å². The molecule has 0 rings (SSSR count). The lowest BCUT2D eigenvalue weighted by molar-refractivity contribution is 0.142. The average Bonchev–Trinajstić information content (AvgIpc) is 2.21. The molecule has 90 valence electrons. The third-order valence-electron chi connectivity index (χ3n) is 2.72. The highest BCUT2D eigenvalue weighted by molar-refractivity contribution is 4.88. The molecule has 0 fully saturated rings. The predicted octanol–water partition coefficient (Wildman–Crippen LogP) is 3.95. The van der Waals surface area contributed by atoms with Crippen molar-refractivity contribution in [1.29, 1.82) is 0 Å². The quantitative estimate of drug-likeness (QED) is 0.427. The second-order valence-corrected chi connectivity index (χ2v) is 4.27. The minimum atomic E-state index is -0.718. The van der Waals surface area contributed by atoms with Crippen LogP contribution < -0.4 is 0 Å². The Labute approximate surface area is 94.0 Å². The summed E-state index contributed by atoms with van der Waals surface area (Å²) in [4.78, 5) is 0. The van der Waals surface area contributed by atoms with E-state index in [0.29, 0.717) is 6.42 Å². The van der Waals surface area contributed by atoms with Crippen molar-refractivity contribution in [1.82, 2.24) is 0 Å². The summed E-state index contributed by atoms with van der Waals surface area (Å²) in [5, 5.41) is 18.1. The number of unbranched alkanes of at least 4 members (excludes halogenated alkanes) is 7. The molecule has 0 aliphatic rings. The van der Waals surface area contributed by atoms with E-state index in [1.54, 1.807) is 0 Å². The number of rotatable bonds is 10. The van der Waals surface area contributed by atoms with Crippen LogP contribution in [0.4, 0.5) is 0 Å². The fourth-order valence-corrected chi connectivity index (χ4v) is 1.64. The summed E-state index contributed by atoms with van der Waals surface area (Å²) in [7, 11) is 0. The van der Waals surface area contributed by atoms with E-state index >= 15 is 0 Å². The largest absolute Gasteiger partial charge is 0.510 e. The zero-order chi connectivity index (χ0) is 11.5. The number of aliphatic hydroxyl groups is 2. The summed E-state index contributed by atoms with van der Waals surface area (Å²) < 4.78 is 0. The maximum absolute atomic E-state index is 9.25. The Bertz CT molecular complexity index is 155. The fourth-order valence-electron chi connectivity index (χ4n) is 1.64. The second kappa shape index (κ2) is 10.0. The number of hydrogen-bond acceptors (Lipinski definition) is 2. The molecular weight excluding hydrogens is 188 g/mol. The summed E-state index contributed by atoms with van der Waals surface area (Å²) in [5.41, 5.74) is 0. The Morgan fingerprint density at radius 1 is 1.00 bits per heavy atom. The van der Waals surface area contributed by atoms with Gasteiger partial charge in [0.2, 0.25) is 0 Å². The molecule has 0 aliphatic heterocycles. The fraction of sp³-hybridized carbons (Fsp3) is 0.846. The van der Waals surface area contributed by atoms with Crippen LogP contribution in [0.15, 0.2) is 12.3 Å². The van der Waals surface area contributed by atoms with Gasteiger partial charge in [0.15, 0.2) is 0 Å².